The van der Waals surface area contributed by atoms with E-state index in [-0.39, 0.29) is 0 Å². The monoisotopic (exact) mass is 261 g/mol. The quantitative estimate of drug-likeness (QED) is 0.800. The number of rotatable bonds is 3. The van der Waals surface area contributed by atoms with E-state index in [9.17, 15) is 0 Å². The topological polar surface area (TPSA) is 35.5 Å². The zero-order valence-electron chi connectivity index (χ0n) is 11.9. The molecule has 5 nitrogen and oxygen atoms in total. The first kappa shape index (κ1) is 12.8. The van der Waals surface area contributed by atoms with Crippen molar-refractivity contribution in [2.24, 2.45) is 0 Å². The van der Waals surface area contributed by atoms with Crippen molar-refractivity contribution in [2.45, 2.75) is 25.9 Å². The van der Waals surface area contributed by atoms with Gasteiger partial charge in [0.2, 0.25) is 5.95 Å². The molecule has 3 heterocycles. The van der Waals surface area contributed by atoms with E-state index in [0.717, 1.165) is 38.2 Å². The molecular weight excluding hydrogens is 238 g/mol. The Hall–Kier alpha value is -1.20. The first-order valence-electron chi connectivity index (χ1n) is 7.24. The van der Waals surface area contributed by atoms with Crippen molar-refractivity contribution in [3.63, 3.8) is 0 Å². The summed E-state index contributed by atoms with van der Waals surface area (Å²) in [5.74, 6) is 0.875. The van der Waals surface area contributed by atoms with E-state index >= 15 is 0 Å². The molecule has 0 saturated carbocycles. The van der Waals surface area contributed by atoms with E-state index in [0.29, 0.717) is 6.04 Å². The fourth-order valence-corrected chi connectivity index (χ4v) is 2.88. The number of piperazine rings is 1. The molecule has 19 heavy (non-hydrogen) atoms. The number of aromatic nitrogens is 2. The molecule has 2 fully saturated rings. The summed E-state index contributed by atoms with van der Waals surface area (Å²) in [5.41, 5.74) is 0. The zero-order valence-corrected chi connectivity index (χ0v) is 11.9. The van der Waals surface area contributed by atoms with Gasteiger partial charge in [0.25, 0.3) is 0 Å². The smallest absolute Gasteiger partial charge is 0.225 e. The minimum absolute atomic E-state index is 0.690. The predicted molar refractivity (Wildman–Crippen MR) is 76.3 cm³/mol. The van der Waals surface area contributed by atoms with Gasteiger partial charge in [-0.1, -0.05) is 0 Å². The Balaban J connectivity index is 1.48. The first-order chi connectivity index (χ1) is 9.24. The first-order valence-corrected chi connectivity index (χ1v) is 7.24. The van der Waals surface area contributed by atoms with Crippen LogP contribution in [0.1, 0.15) is 13.8 Å². The lowest BCUT2D eigenvalue weighted by atomic mass is 10.0. The fourth-order valence-electron chi connectivity index (χ4n) is 2.88. The third-order valence-corrected chi connectivity index (χ3v) is 4.29. The molecule has 0 aliphatic carbocycles. The second kappa shape index (κ2) is 5.43. The summed E-state index contributed by atoms with van der Waals surface area (Å²) in [7, 11) is 0. The minimum atomic E-state index is 0.690. The number of hydrogen-bond acceptors (Lipinski definition) is 5. The molecule has 0 aromatic carbocycles. The lowest BCUT2D eigenvalue weighted by Gasteiger charge is -2.49. The average molecular weight is 261 g/mol. The normalized spacial score (nSPS) is 22.8. The Bertz CT molecular complexity index is 394. The molecule has 0 unspecified atom stereocenters. The van der Waals surface area contributed by atoms with Crippen molar-refractivity contribution in [1.29, 1.82) is 0 Å². The van der Waals surface area contributed by atoms with E-state index in [2.05, 4.69) is 38.5 Å². The van der Waals surface area contributed by atoms with Gasteiger partial charge in [-0.15, -0.1) is 0 Å². The van der Waals surface area contributed by atoms with Gasteiger partial charge in [0.05, 0.1) is 0 Å². The summed E-state index contributed by atoms with van der Waals surface area (Å²) < 4.78 is 0. The molecule has 5 heteroatoms. The van der Waals surface area contributed by atoms with Gasteiger partial charge in [0, 0.05) is 63.7 Å². The van der Waals surface area contributed by atoms with Crippen LogP contribution in [0.3, 0.4) is 0 Å². The Kier molecular flexibility index (Phi) is 3.66. The van der Waals surface area contributed by atoms with Gasteiger partial charge in [-0.3, -0.25) is 9.80 Å². The zero-order chi connectivity index (χ0) is 13.2. The van der Waals surface area contributed by atoms with Crippen LogP contribution in [0.15, 0.2) is 18.5 Å². The van der Waals surface area contributed by atoms with Gasteiger partial charge >= 0.3 is 0 Å². The van der Waals surface area contributed by atoms with Gasteiger partial charge < -0.3 is 4.90 Å². The number of nitrogens with zero attached hydrogens (tertiary/aromatic N) is 5. The fraction of sp³-hybridized carbons (Fsp3) is 0.714. The summed E-state index contributed by atoms with van der Waals surface area (Å²) in [6, 6.07) is 3.32. The van der Waals surface area contributed by atoms with Crippen molar-refractivity contribution >= 4 is 5.95 Å². The third kappa shape index (κ3) is 2.72. The highest BCUT2D eigenvalue weighted by Crippen LogP contribution is 2.20. The van der Waals surface area contributed by atoms with E-state index in [1.54, 1.807) is 0 Å². The standard InChI is InChI=1S/C14H23N5/c1-12(2)19-10-13(11-19)17-6-8-18(9-7-17)14-15-4-3-5-16-14/h3-5,12-13H,6-11H2,1-2H3. The Morgan fingerprint density at radius 2 is 1.68 bits per heavy atom. The predicted octanol–water partition coefficient (Wildman–Crippen LogP) is 0.691. The van der Waals surface area contributed by atoms with Crippen LogP contribution in [-0.4, -0.2) is 71.1 Å². The van der Waals surface area contributed by atoms with Gasteiger partial charge in [0.1, 0.15) is 0 Å². The number of hydrogen-bond donors (Lipinski definition) is 0. The number of anilines is 1. The maximum atomic E-state index is 4.33. The summed E-state index contributed by atoms with van der Waals surface area (Å²) in [6.07, 6.45) is 3.64. The lowest BCUT2D eigenvalue weighted by Crippen LogP contribution is -2.64. The van der Waals surface area contributed by atoms with Crippen molar-refractivity contribution < 1.29 is 0 Å². The summed E-state index contributed by atoms with van der Waals surface area (Å²) in [5, 5.41) is 0. The molecule has 104 valence electrons. The highest BCUT2D eigenvalue weighted by Gasteiger charge is 2.34. The van der Waals surface area contributed by atoms with Crippen LogP contribution < -0.4 is 4.90 Å². The second-order valence-corrected chi connectivity index (χ2v) is 5.77. The van der Waals surface area contributed by atoms with Crippen LogP contribution in [0.5, 0.6) is 0 Å². The van der Waals surface area contributed by atoms with E-state index in [4.69, 9.17) is 0 Å². The van der Waals surface area contributed by atoms with Crippen molar-refractivity contribution in [1.82, 2.24) is 19.8 Å². The molecule has 2 aliphatic heterocycles. The molecule has 2 saturated heterocycles. The molecule has 1 aromatic rings. The van der Waals surface area contributed by atoms with E-state index in [1.165, 1.54) is 13.1 Å². The van der Waals surface area contributed by atoms with Crippen LogP contribution in [0.25, 0.3) is 0 Å². The maximum Gasteiger partial charge on any atom is 0.225 e. The van der Waals surface area contributed by atoms with Gasteiger partial charge in [-0.05, 0) is 19.9 Å². The van der Waals surface area contributed by atoms with Gasteiger partial charge in [-0.2, -0.15) is 0 Å². The van der Waals surface area contributed by atoms with Gasteiger partial charge in [0.15, 0.2) is 0 Å². The second-order valence-electron chi connectivity index (χ2n) is 5.77. The highest BCUT2D eigenvalue weighted by atomic mass is 15.4. The van der Waals surface area contributed by atoms with Gasteiger partial charge in [-0.25, -0.2) is 9.97 Å². The molecule has 0 N–H and O–H groups in total. The highest BCUT2D eigenvalue weighted by molar-refractivity contribution is 5.29. The van der Waals surface area contributed by atoms with E-state index in [1.807, 2.05) is 18.5 Å². The minimum Gasteiger partial charge on any atom is -0.338 e. The van der Waals surface area contributed by atoms with E-state index < -0.39 is 0 Å². The van der Waals surface area contributed by atoms with Crippen LogP contribution >= 0.6 is 0 Å². The van der Waals surface area contributed by atoms with Crippen LogP contribution in [0.2, 0.25) is 0 Å². The molecule has 0 atom stereocenters. The molecule has 0 amide bonds. The summed E-state index contributed by atoms with van der Waals surface area (Å²) in [6.45, 7) is 11.4. The Morgan fingerprint density at radius 3 is 2.26 bits per heavy atom. The molecule has 2 aliphatic rings. The molecular formula is C14H23N5. The number of likely N-dealkylation sites (tertiary alicyclic amines) is 1. The lowest BCUT2D eigenvalue weighted by molar-refractivity contribution is 0.0114. The summed E-state index contributed by atoms with van der Waals surface area (Å²) >= 11 is 0. The third-order valence-electron chi connectivity index (χ3n) is 4.29. The molecule has 0 spiro atoms. The van der Waals surface area contributed by atoms with Crippen molar-refractivity contribution in [3.8, 4) is 0 Å². The maximum absolute atomic E-state index is 4.33. The largest absolute Gasteiger partial charge is 0.338 e. The molecule has 0 bridgehead atoms. The Morgan fingerprint density at radius 1 is 1.05 bits per heavy atom. The van der Waals surface area contributed by atoms with Crippen LogP contribution in [0, 0.1) is 0 Å². The summed E-state index contributed by atoms with van der Waals surface area (Å²) in [4.78, 5) is 16.1. The molecule has 3 rings (SSSR count). The van der Waals surface area contributed by atoms with Crippen molar-refractivity contribution in [3.05, 3.63) is 18.5 Å². The molecule has 0 radical (unpaired) electrons. The van der Waals surface area contributed by atoms with Crippen LogP contribution in [0.4, 0.5) is 5.95 Å². The SMILES string of the molecule is CC(C)N1CC(N2CCN(c3ncccn3)CC2)C1. The van der Waals surface area contributed by atoms with Crippen LogP contribution in [-0.2, 0) is 0 Å². The molecule has 1 aromatic heterocycles. The average Bonchev–Trinajstić information content (AvgIpc) is 2.38. The Labute approximate surface area is 115 Å². The van der Waals surface area contributed by atoms with Crippen molar-refractivity contribution in [2.75, 3.05) is 44.2 Å².